The van der Waals surface area contributed by atoms with Crippen molar-refractivity contribution in [1.29, 1.82) is 0 Å². The van der Waals surface area contributed by atoms with Crippen molar-refractivity contribution in [2.24, 2.45) is 5.16 Å². The molecule has 0 aliphatic heterocycles. The summed E-state index contributed by atoms with van der Waals surface area (Å²) >= 11 is 0. The number of benzene rings is 2. The van der Waals surface area contributed by atoms with Crippen molar-refractivity contribution >= 4 is 16.3 Å². The van der Waals surface area contributed by atoms with Gasteiger partial charge in [-0.3, -0.25) is 0 Å². The number of hydrogen-bond donors (Lipinski definition) is 1. The summed E-state index contributed by atoms with van der Waals surface area (Å²) in [6.07, 6.45) is 3.02. The first-order valence-electron chi connectivity index (χ1n) is 6.85. The molecule has 1 N–H and O–H groups in total. The third-order valence-electron chi connectivity index (χ3n) is 2.92. The van der Waals surface area contributed by atoms with Crippen molar-refractivity contribution in [3.8, 4) is 11.5 Å². The van der Waals surface area contributed by atoms with Crippen molar-refractivity contribution in [3.05, 3.63) is 59.7 Å². The summed E-state index contributed by atoms with van der Waals surface area (Å²) in [5.41, 5.74) is 1.79. The molecule has 0 aromatic heterocycles. The first kappa shape index (κ1) is 16.8. The lowest BCUT2D eigenvalue weighted by molar-refractivity contribution is 0.321. The van der Waals surface area contributed by atoms with Crippen molar-refractivity contribution in [2.75, 3.05) is 12.9 Å². The minimum Gasteiger partial charge on any atom is -0.493 e. The fraction of sp³-hybridized carbons (Fsp3) is 0.188. The zero-order valence-electron chi connectivity index (χ0n) is 12.5. The van der Waals surface area contributed by atoms with Gasteiger partial charge in [-0.2, -0.15) is 8.42 Å². The Balaban J connectivity index is 1.84. The van der Waals surface area contributed by atoms with Gasteiger partial charge in [-0.1, -0.05) is 17.3 Å². The molecule has 0 unspecified atom stereocenters. The van der Waals surface area contributed by atoms with Gasteiger partial charge in [0.05, 0.1) is 19.1 Å². The van der Waals surface area contributed by atoms with E-state index in [0.717, 1.165) is 23.1 Å². The normalized spacial score (nSPS) is 11.5. The van der Waals surface area contributed by atoms with E-state index in [1.54, 1.807) is 48.5 Å². The predicted octanol–water partition coefficient (Wildman–Crippen LogP) is 2.45. The van der Waals surface area contributed by atoms with Gasteiger partial charge >= 0.3 is 10.1 Å². The molecule has 0 saturated heterocycles. The molecule has 0 bridgehead atoms. The molecule has 6 nitrogen and oxygen atoms in total. The van der Waals surface area contributed by atoms with Gasteiger partial charge in [0, 0.05) is 6.42 Å². The number of ether oxygens (including phenoxy) is 1. The maximum atomic E-state index is 11.0. The quantitative estimate of drug-likeness (QED) is 0.363. The third-order valence-corrected chi connectivity index (χ3v) is 3.41. The van der Waals surface area contributed by atoms with Crippen LogP contribution in [0.5, 0.6) is 11.5 Å². The van der Waals surface area contributed by atoms with Crippen LogP contribution in [-0.2, 0) is 16.5 Å². The SMILES string of the molecule is CS(=O)(=O)Oc1ccc(CCOc2ccc(C=NO)cc2)cc1. The second-order valence-electron chi connectivity index (χ2n) is 4.84. The van der Waals surface area contributed by atoms with E-state index < -0.39 is 10.1 Å². The van der Waals surface area contributed by atoms with Gasteiger partial charge in [-0.25, -0.2) is 0 Å². The standard InChI is InChI=1S/C16H17NO5S/c1-23(19,20)22-16-8-2-13(3-9-16)10-11-21-15-6-4-14(5-7-15)12-17-18/h2-9,12,18H,10-11H2,1H3. The van der Waals surface area contributed by atoms with E-state index in [1.165, 1.54) is 6.21 Å². The molecule has 0 radical (unpaired) electrons. The summed E-state index contributed by atoms with van der Waals surface area (Å²) in [4.78, 5) is 0. The molecule has 2 rings (SSSR count). The lowest BCUT2D eigenvalue weighted by Crippen LogP contribution is -2.06. The monoisotopic (exact) mass is 335 g/mol. The smallest absolute Gasteiger partial charge is 0.306 e. The van der Waals surface area contributed by atoms with Gasteiger partial charge in [0.25, 0.3) is 0 Å². The molecule has 0 fully saturated rings. The fourth-order valence-electron chi connectivity index (χ4n) is 1.89. The highest BCUT2D eigenvalue weighted by Gasteiger charge is 2.04. The van der Waals surface area contributed by atoms with Crippen LogP contribution in [0.2, 0.25) is 0 Å². The highest BCUT2D eigenvalue weighted by molar-refractivity contribution is 7.86. The van der Waals surface area contributed by atoms with Gasteiger partial charge in [-0.05, 0) is 47.5 Å². The summed E-state index contributed by atoms with van der Waals surface area (Å²) in [7, 11) is -3.50. The lowest BCUT2D eigenvalue weighted by Gasteiger charge is -2.07. The Labute approximate surface area is 135 Å². The average Bonchev–Trinajstić information content (AvgIpc) is 2.50. The minimum atomic E-state index is -3.50. The van der Waals surface area contributed by atoms with Gasteiger partial charge in [0.15, 0.2) is 0 Å². The molecule has 0 amide bonds. The van der Waals surface area contributed by atoms with Crippen LogP contribution in [0.15, 0.2) is 53.7 Å². The van der Waals surface area contributed by atoms with Crippen LogP contribution in [-0.4, -0.2) is 32.7 Å². The van der Waals surface area contributed by atoms with Crippen LogP contribution in [0.3, 0.4) is 0 Å². The second kappa shape index (κ2) is 7.64. The predicted molar refractivity (Wildman–Crippen MR) is 86.9 cm³/mol. The van der Waals surface area contributed by atoms with Gasteiger partial charge in [0.2, 0.25) is 0 Å². The van der Waals surface area contributed by atoms with Crippen molar-refractivity contribution in [1.82, 2.24) is 0 Å². The van der Waals surface area contributed by atoms with Crippen molar-refractivity contribution in [3.63, 3.8) is 0 Å². The average molecular weight is 335 g/mol. The Morgan fingerprint density at radius 1 is 1.04 bits per heavy atom. The molecule has 0 spiro atoms. The zero-order chi connectivity index (χ0) is 16.7. The highest BCUT2D eigenvalue weighted by Crippen LogP contribution is 2.15. The van der Waals surface area contributed by atoms with Gasteiger partial charge in [0.1, 0.15) is 11.5 Å². The Hall–Kier alpha value is -2.54. The van der Waals surface area contributed by atoms with Gasteiger partial charge < -0.3 is 14.1 Å². The second-order valence-corrected chi connectivity index (χ2v) is 6.42. The zero-order valence-corrected chi connectivity index (χ0v) is 13.4. The first-order chi connectivity index (χ1) is 11.0. The highest BCUT2D eigenvalue weighted by atomic mass is 32.2. The Morgan fingerprint density at radius 3 is 2.22 bits per heavy atom. The first-order valence-corrected chi connectivity index (χ1v) is 8.66. The molecular formula is C16H17NO5S. The minimum absolute atomic E-state index is 0.290. The van der Waals surface area contributed by atoms with E-state index in [9.17, 15) is 8.42 Å². The number of hydrogen-bond acceptors (Lipinski definition) is 6. The molecule has 7 heteroatoms. The number of oxime groups is 1. The summed E-state index contributed by atoms with van der Waals surface area (Å²) in [5.74, 6) is 1.01. The third kappa shape index (κ3) is 5.99. The summed E-state index contributed by atoms with van der Waals surface area (Å²) in [6.45, 7) is 0.486. The summed E-state index contributed by atoms with van der Waals surface area (Å²) in [5, 5.41) is 11.4. The summed E-state index contributed by atoms with van der Waals surface area (Å²) in [6, 6.07) is 14.0. The summed E-state index contributed by atoms with van der Waals surface area (Å²) < 4.78 is 32.4. The lowest BCUT2D eigenvalue weighted by atomic mass is 10.1. The fourth-order valence-corrected chi connectivity index (χ4v) is 2.35. The molecule has 0 aliphatic carbocycles. The van der Waals surface area contributed by atoms with Crippen LogP contribution in [0.4, 0.5) is 0 Å². The molecule has 0 saturated carbocycles. The van der Waals surface area contributed by atoms with Gasteiger partial charge in [-0.15, -0.1) is 0 Å². The molecule has 2 aromatic carbocycles. The van der Waals surface area contributed by atoms with Crippen molar-refractivity contribution in [2.45, 2.75) is 6.42 Å². The largest absolute Gasteiger partial charge is 0.493 e. The number of rotatable bonds is 7. The van der Waals surface area contributed by atoms with Crippen LogP contribution >= 0.6 is 0 Å². The molecule has 122 valence electrons. The molecular weight excluding hydrogens is 318 g/mol. The van der Waals surface area contributed by atoms with E-state index in [1.807, 2.05) is 0 Å². The van der Waals surface area contributed by atoms with E-state index in [2.05, 4.69) is 5.16 Å². The number of nitrogens with zero attached hydrogens (tertiary/aromatic N) is 1. The molecule has 0 heterocycles. The van der Waals surface area contributed by atoms with Crippen molar-refractivity contribution < 1.29 is 22.5 Å². The van der Waals surface area contributed by atoms with Crippen LogP contribution in [0.1, 0.15) is 11.1 Å². The molecule has 0 atom stereocenters. The van der Waals surface area contributed by atoms with Crippen LogP contribution in [0.25, 0.3) is 0 Å². The van der Waals surface area contributed by atoms with Crippen LogP contribution in [0, 0.1) is 0 Å². The van der Waals surface area contributed by atoms with E-state index >= 15 is 0 Å². The maximum Gasteiger partial charge on any atom is 0.306 e. The van der Waals surface area contributed by atoms with E-state index in [-0.39, 0.29) is 0 Å². The molecule has 0 aliphatic rings. The Bertz CT molecular complexity index is 752. The van der Waals surface area contributed by atoms with E-state index in [4.69, 9.17) is 14.1 Å². The molecule has 2 aromatic rings. The maximum absolute atomic E-state index is 11.0. The van der Waals surface area contributed by atoms with E-state index in [0.29, 0.717) is 18.8 Å². The Kier molecular flexibility index (Phi) is 5.59. The Morgan fingerprint density at radius 2 is 1.65 bits per heavy atom. The molecule has 23 heavy (non-hydrogen) atoms. The topological polar surface area (TPSA) is 85.2 Å². The van der Waals surface area contributed by atoms with Crippen LogP contribution < -0.4 is 8.92 Å².